The van der Waals surface area contributed by atoms with Gasteiger partial charge in [-0.1, -0.05) is 44.7 Å². The van der Waals surface area contributed by atoms with Gasteiger partial charge in [-0.15, -0.1) is 0 Å². The van der Waals surface area contributed by atoms with Gasteiger partial charge < -0.3 is 10.1 Å². The van der Waals surface area contributed by atoms with Gasteiger partial charge in [-0.05, 0) is 37.1 Å². The third-order valence-corrected chi connectivity index (χ3v) is 3.42. The van der Waals surface area contributed by atoms with E-state index in [0.29, 0.717) is 0 Å². The summed E-state index contributed by atoms with van der Waals surface area (Å²) in [6.45, 7) is 4.26. The minimum absolute atomic E-state index is 0.0335. The molecule has 1 aromatic rings. The van der Waals surface area contributed by atoms with E-state index in [0.717, 1.165) is 17.7 Å². The minimum Gasteiger partial charge on any atom is -0.497 e. The minimum atomic E-state index is -0.0335. The Morgan fingerprint density at radius 2 is 1.95 bits per heavy atom. The zero-order valence-corrected chi connectivity index (χ0v) is 13.4. The predicted molar refractivity (Wildman–Crippen MR) is 88.4 cm³/mol. The molecule has 0 radical (unpaired) electrons. The maximum absolute atomic E-state index is 11.8. The molecule has 0 aliphatic heterocycles. The lowest BCUT2D eigenvalue weighted by Crippen LogP contribution is -2.30. The monoisotopic (exact) mass is 289 g/mol. The molecule has 1 amide bonds. The number of amides is 1. The maximum Gasteiger partial charge on any atom is 0.244 e. The van der Waals surface area contributed by atoms with Crippen molar-refractivity contribution in [2.45, 2.75) is 52.0 Å². The average molecular weight is 289 g/mol. The Bertz CT molecular complexity index is 437. The summed E-state index contributed by atoms with van der Waals surface area (Å²) in [5, 5.41) is 3.00. The third kappa shape index (κ3) is 7.54. The summed E-state index contributed by atoms with van der Waals surface area (Å²) < 4.78 is 5.10. The highest BCUT2D eigenvalue weighted by molar-refractivity contribution is 5.91. The van der Waals surface area contributed by atoms with Gasteiger partial charge in [-0.25, -0.2) is 0 Å². The van der Waals surface area contributed by atoms with Crippen LogP contribution in [0.15, 0.2) is 30.3 Å². The first-order valence-electron chi connectivity index (χ1n) is 7.78. The molecule has 0 spiro atoms. The van der Waals surface area contributed by atoms with Crippen LogP contribution in [0.25, 0.3) is 6.08 Å². The second kappa shape index (κ2) is 10.0. The van der Waals surface area contributed by atoms with E-state index in [1.165, 1.54) is 25.7 Å². The fraction of sp³-hybridized carbons (Fsp3) is 0.500. The second-order valence-corrected chi connectivity index (χ2v) is 5.37. The molecule has 1 atom stereocenters. The molecular formula is C18H27NO2. The van der Waals surface area contributed by atoms with Crippen molar-refractivity contribution < 1.29 is 9.53 Å². The number of hydrogen-bond donors (Lipinski definition) is 1. The van der Waals surface area contributed by atoms with Crippen molar-refractivity contribution in [3.05, 3.63) is 35.9 Å². The standard InChI is InChI=1S/C18H27NO2/c1-4-5-6-7-8-15(2)19-18(20)14-11-16-9-12-17(21-3)13-10-16/h9-15H,4-8H2,1-3H3,(H,19,20)/b14-11+. The average Bonchev–Trinajstić information content (AvgIpc) is 2.50. The van der Waals surface area contributed by atoms with Crippen molar-refractivity contribution in [2.75, 3.05) is 7.11 Å². The van der Waals surface area contributed by atoms with Crippen molar-refractivity contribution in [2.24, 2.45) is 0 Å². The smallest absolute Gasteiger partial charge is 0.244 e. The SMILES string of the molecule is CCCCCCC(C)NC(=O)/C=C/c1ccc(OC)cc1. The highest BCUT2D eigenvalue weighted by atomic mass is 16.5. The number of carbonyl (C=O) groups is 1. The normalized spacial score (nSPS) is 12.3. The molecule has 1 rings (SSSR count). The van der Waals surface area contributed by atoms with Gasteiger partial charge in [-0.3, -0.25) is 4.79 Å². The summed E-state index contributed by atoms with van der Waals surface area (Å²) in [5.41, 5.74) is 0.988. The second-order valence-electron chi connectivity index (χ2n) is 5.37. The van der Waals surface area contributed by atoms with Crippen LogP contribution in [0.5, 0.6) is 5.75 Å². The molecule has 3 nitrogen and oxygen atoms in total. The molecule has 0 bridgehead atoms. The van der Waals surface area contributed by atoms with E-state index in [-0.39, 0.29) is 11.9 Å². The van der Waals surface area contributed by atoms with E-state index in [2.05, 4.69) is 19.2 Å². The summed E-state index contributed by atoms with van der Waals surface area (Å²) in [5.74, 6) is 0.783. The molecule has 1 aromatic carbocycles. The van der Waals surface area contributed by atoms with E-state index >= 15 is 0 Å². The lowest BCUT2D eigenvalue weighted by molar-refractivity contribution is -0.117. The van der Waals surface area contributed by atoms with Crippen molar-refractivity contribution in [1.29, 1.82) is 0 Å². The topological polar surface area (TPSA) is 38.3 Å². The number of ether oxygens (including phenoxy) is 1. The first-order chi connectivity index (χ1) is 10.2. The molecule has 0 aromatic heterocycles. The first kappa shape index (κ1) is 17.3. The lowest BCUT2D eigenvalue weighted by Gasteiger charge is -2.11. The van der Waals surface area contributed by atoms with Crippen LogP contribution >= 0.6 is 0 Å². The highest BCUT2D eigenvalue weighted by Crippen LogP contribution is 2.12. The van der Waals surface area contributed by atoms with E-state index in [1.807, 2.05) is 30.3 Å². The molecular weight excluding hydrogens is 262 g/mol. The molecule has 0 aliphatic carbocycles. The van der Waals surface area contributed by atoms with Gasteiger partial charge in [-0.2, -0.15) is 0 Å². The van der Waals surface area contributed by atoms with Crippen LogP contribution in [0.2, 0.25) is 0 Å². The van der Waals surface area contributed by atoms with Crippen LogP contribution in [-0.2, 0) is 4.79 Å². The fourth-order valence-electron chi connectivity index (χ4n) is 2.13. The first-order valence-corrected chi connectivity index (χ1v) is 7.78. The zero-order valence-electron chi connectivity index (χ0n) is 13.4. The lowest BCUT2D eigenvalue weighted by atomic mass is 10.1. The number of methoxy groups -OCH3 is 1. The van der Waals surface area contributed by atoms with Gasteiger partial charge in [0.15, 0.2) is 0 Å². The van der Waals surface area contributed by atoms with Crippen LogP contribution in [0.4, 0.5) is 0 Å². The van der Waals surface area contributed by atoms with Crippen molar-refractivity contribution in [3.63, 3.8) is 0 Å². The molecule has 0 saturated heterocycles. The van der Waals surface area contributed by atoms with E-state index in [4.69, 9.17) is 4.74 Å². The van der Waals surface area contributed by atoms with Gasteiger partial charge >= 0.3 is 0 Å². The molecule has 0 aliphatic rings. The molecule has 1 N–H and O–H groups in total. The maximum atomic E-state index is 11.8. The Labute approximate surface area is 128 Å². The Hall–Kier alpha value is -1.77. The number of unbranched alkanes of at least 4 members (excludes halogenated alkanes) is 3. The number of rotatable bonds is 9. The summed E-state index contributed by atoms with van der Waals surface area (Å²) >= 11 is 0. The van der Waals surface area contributed by atoms with Crippen molar-refractivity contribution in [1.82, 2.24) is 5.32 Å². The Morgan fingerprint density at radius 1 is 1.24 bits per heavy atom. The molecule has 0 fully saturated rings. The van der Waals surface area contributed by atoms with Gasteiger partial charge in [0, 0.05) is 12.1 Å². The number of carbonyl (C=O) groups excluding carboxylic acids is 1. The van der Waals surface area contributed by atoms with Crippen LogP contribution < -0.4 is 10.1 Å². The molecule has 3 heteroatoms. The van der Waals surface area contributed by atoms with E-state index in [1.54, 1.807) is 13.2 Å². The summed E-state index contributed by atoms with van der Waals surface area (Å²) in [7, 11) is 1.64. The highest BCUT2D eigenvalue weighted by Gasteiger charge is 2.04. The molecule has 21 heavy (non-hydrogen) atoms. The number of nitrogens with one attached hydrogen (secondary N) is 1. The van der Waals surface area contributed by atoms with E-state index in [9.17, 15) is 4.79 Å². The largest absolute Gasteiger partial charge is 0.497 e. The van der Waals surface area contributed by atoms with Crippen LogP contribution in [-0.4, -0.2) is 19.1 Å². The van der Waals surface area contributed by atoms with Crippen LogP contribution in [0.1, 0.15) is 51.5 Å². The molecule has 116 valence electrons. The molecule has 1 unspecified atom stereocenters. The number of hydrogen-bond acceptors (Lipinski definition) is 2. The fourth-order valence-corrected chi connectivity index (χ4v) is 2.13. The third-order valence-electron chi connectivity index (χ3n) is 3.42. The Balaban J connectivity index is 2.32. The van der Waals surface area contributed by atoms with Gasteiger partial charge in [0.25, 0.3) is 0 Å². The number of benzene rings is 1. The van der Waals surface area contributed by atoms with Crippen molar-refractivity contribution in [3.8, 4) is 5.75 Å². The predicted octanol–water partition coefficient (Wildman–Crippen LogP) is 4.18. The summed E-state index contributed by atoms with van der Waals surface area (Å²) in [6.07, 6.45) is 9.39. The summed E-state index contributed by atoms with van der Waals surface area (Å²) in [4.78, 5) is 11.8. The van der Waals surface area contributed by atoms with Gasteiger partial charge in [0.05, 0.1) is 7.11 Å². The Morgan fingerprint density at radius 3 is 2.57 bits per heavy atom. The Kier molecular flexibility index (Phi) is 8.25. The van der Waals surface area contributed by atoms with Gasteiger partial charge in [0.2, 0.25) is 5.91 Å². The molecule has 0 heterocycles. The molecule has 0 saturated carbocycles. The van der Waals surface area contributed by atoms with Gasteiger partial charge in [0.1, 0.15) is 5.75 Å². The van der Waals surface area contributed by atoms with Crippen molar-refractivity contribution >= 4 is 12.0 Å². The van der Waals surface area contributed by atoms with Crippen LogP contribution in [0, 0.1) is 0 Å². The zero-order chi connectivity index (χ0) is 15.5. The summed E-state index contributed by atoms with van der Waals surface area (Å²) in [6, 6.07) is 7.85. The van der Waals surface area contributed by atoms with E-state index < -0.39 is 0 Å². The quantitative estimate of drug-likeness (QED) is 0.547. The van der Waals surface area contributed by atoms with Crippen LogP contribution in [0.3, 0.4) is 0 Å².